The first-order valence-electron chi connectivity index (χ1n) is 16.1. The second-order valence-electron chi connectivity index (χ2n) is 13.4. The Labute approximate surface area is 279 Å². The molecule has 0 aliphatic carbocycles. The fourth-order valence-electron chi connectivity index (χ4n) is 5.96. The lowest BCUT2D eigenvalue weighted by molar-refractivity contribution is -0.917. The zero-order chi connectivity index (χ0) is 35.1. The molecule has 0 saturated carbocycles. The molecule has 48 heavy (non-hydrogen) atoms. The molecule has 12 heteroatoms. The maximum absolute atomic E-state index is 15.0. The third kappa shape index (κ3) is 10.6. The van der Waals surface area contributed by atoms with Gasteiger partial charge in [0.1, 0.15) is 11.8 Å². The smallest absolute Gasteiger partial charge is 0.430 e. The van der Waals surface area contributed by atoms with Crippen molar-refractivity contribution in [2.75, 3.05) is 53.4 Å². The van der Waals surface area contributed by atoms with Crippen LogP contribution in [-0.2, 0) is 24.4 Å². The molecule has 2 aliphatic rings. The van der Waals surface area contributed by atoms with Crippen LogP contribution in [0.3, 0.4) is 0 Å². The van der Waals surface area contributed by atoms with E-state index in [0.29, 0.717) is 29.8 Å². The second kappa shape index (κ2) is 16.0. The fourth-order valence-corrected chi connectivity index (χ4v) is 5.96. The van der Waals surface area contributed by atoms with Gasteiger partial charge < -0.3 is 25.0 Å². The van der Waals surface area contributed by atoms with Gasteiger partial charge in [-0.1, -0.05) is 36.4 Å². The molecule has 5 rings (SSSR count). The number of nitrogens with one attached hydrogen (secondary N) is 2. The van der Waals surface area contributed by atoms with Crippen LogP contribution in [0.5, 0.6) is 0 Å². The molecule has 3 aromatic carbocycles. The van der Waals surface area contributed by atoms with Gasteiger partial charge in [0, 0.05) is 63.0 Å². The van der Waals surface area contributed by atoms with Crippen LogP contribution >= 0.6 is 0 Å². The van der Waals surface area contributed by atoms with Gasteiger partial charge in [0.15, 0.2) is 0 Å². The Morgan fingerprint density at radius 3 is 2.21 bits per heavy atom. The largest absolute Gasteiger partial charge is 0.542 e. The minimum absolute atomic E-state index is 0.116. The molecule has 0 aromatic heterocycles. The number of amides is 1. The number of rotatable bonds is 8. The Morgan fingerprint density at radius 1 is 0.917 bits per heavy atom. The average molecular weight is 672 g/mol. The molecule has 260 valence electrons. The Kier molecular flexibility index (Phi) is 12.4. The number of alkyl halides is 3. The van der Waals surface area contributed by atoms with Gasteiger partial charge in [0.05, 0.1) is 33.2 Å². The number of aliphatic carboxylic acids is 1. The summed E-state index contributed by atoms with van der Waals surface area (Å²) in [6.45, 7) is 12.8. The van der Waals surface area contributed by atoms with E-state index in [9.17, 15) is 22.4 Å². The molecule has 0 radical (unpaired) electrons. The monoisotopic (exact) mass is 671 g/mol. The summed E-state index contributed by atoms with van der Waals surface area (Å²) in [5, 5.41) is 15.3. The van der Waals surface area contributed by atoms with Crippen LogP contribution in [-0.4, -0.2) is 97.8 Å². The average Bonchev–Trinajstić information content (AvgIpc) is 3.02. The summed E-state index contributed by atoms with van der Waals surface area (Å²) in [5.74, 6) is -3.38. The van der Waals surface area contributed by atoms with Crippen molar-refractivity contribution >= 4 is 11.9 Å². The van der Waals surface area contributed by atoms with E-state index in [1.165, 1.54) is 11.6 Å². The topological polar surface area (TPSA) is 87.7 Å². The van der Waals surface area contributed by atoms with Gasteiger partial charge in [-0.3, -0.25) is 14.6 Å². The van der Waals surface area contributed by atoms with E-state index in [1.54, 1.807) is 6.07 Å². The zero-order valence-corrected chi connectivity index (χ0v) is 27.9. The van der Waals surface area contributed by atoms with Crippen LogP contribution in [0.1, 0.15) is 40.9 Å². The number of hydrogen-bond acceptors (Lipinski definition) is 6. The maximum atomic E-state index is 15.0. The maximum Gasteiger partial charge on any atom is 0.430 e. The van der Waals surface area contributed by atoms with Gasteiger partial charge in [0.2, 0.25) is 0 Å². The first-order chi connectivity index (χ1) is 22.6. The number of piperazine rings is 2. The summed E-state index contributed by atoms with van der Waals surface area (Å²) >= 11 is 0. The number of benzene rings is 3. The molecule has 2 aliphatic heterocycles. The Morgan fingerprint density at radius 2 is 1.56 bits per heavy atom. The van der Waals surface area contributed by atoms with Crippen molar-refractivity contribution in [2.45, 2.75) is 51.7 Å². The quantitative estimate of drug-likeness (QED) is 0.280. The van der Waals surface area contributed by atoms with Gasteiger partial charge in [-0.05, 0) is 66.4 Å². The summed E-state index contributed by atoms with van der Waals surface area (Å²) in [7, 11) is 4.59. The van der Waals surface area contributed by atoms with Crippen LogP contribution in [0.25, 0.3) is 11.1 Å². The zero-order valence-electron chi connectivity index (χ0n) is 27.9. The first kappa shape index (κ1) is 37.0. The highest BCUT2D eigenvalue weighted by Gasteiger charge is 2.31. The van der Waals surface area contributed by atoms with E-state index < -0.39 is 12.1 Å². The molecule has 0 bridgehead atoms. The summed E-state index contributed by atoms with van der Waals surface area (Å²) in [4.78, 5) is 26.8. The normalized spacial score (nSPS) is 20.0. The number of carbonyl (C=O) groups excluding carboxylic acids is 2. The molecular formula is C36H45F4N5O3. The standard InChI is InChI=1S/C34H44FN5O.C2HF3O2/c1-25-21-38(14-13-36-25)23-28-7-5-9-30(17-28)32-19-27(11-12-33(32)35)20-37-34(41)31-10-6-8-29(18-31)24-39-15-16-40(3,4)26(2)22-39;3-2(4,5)1(6)7/h5-12,17-19,25-26,36H,13-16,20-24H2,1-4H3;(H,6,7)/t25-,26?;/m0./s1. The summed E-state index contributed by atoms with van der Waals surface area (Å²) in [5.41, 5.74) is 5.27. The SMILES string of the molecule is CC1CN(Cc2cccc(C(=O)NCc3ccc(F)c(-c4cccc(CN5CCN[C@@H](C)C5)c4)c3)c2)CC[N+]1(C)C.O=C([O-])C(F)(F)F. The van der Waals surface area contributed by atoms with Crippen molar-refractivity contribution in [3.8, 4) is 11.1 Å². The highest BCUT2D eigenvalue weighted by atomic mass is 19.4. The van der Waals surface area contributed by atoms with E-state index in [4.69, 9.17) is 9.90 Å². The lowest BCUT2D eigenvalue weighted by Gasteiger charge is -2.44. The van der Waals surface area contributed by atoms with E-state index in [1.807, 2.05) is 36.4 Å². The van der Waals surface area contributed by atoms with Crippen LogP contribution in [0.4, 0.5) is 17.6 Å². The molecule has 2 heterocycles. The van der Waals surface area contributed by atoms with Crippen molar-refractivity contribution in [3.05, 3.63) is 94.8 Å². The van der Waals surface area contributed by atoms with Crippen molar-refractivity contribution in [2.24, 2.45) is 0 Å². The number of hydrogen-bond donors (Lipinski definition) is 2. The lowest BCUT2D eigenvalue weighted by Crippen LogP contribution is -2.59. The van der Waals surface area contributed by atoms with E-state index >= 15 is 0 Å². The van der Waals surface area contributed by atoms with Gasteiger partial charge in [-0.25, -0.2) is 4.39 Å². The fraction of sp³-hybridized carbons (Fsp3) is 0.444. The third-order valence-electron chi connectivity index (χ3n) is 9.12. The second-order valence-corrected chi connectivity index (χ2v) is 13.4. The number of nitrogens with zero attached hydrogens (tertiary/aromatic N) is 3. The highest BCUT2D eigenvalue weighted by molar-refractivity contribution is 5.94. The van der Waals surface area contributed by atoms with E-state index in [0.717, 1.165) is 73.5 Å². The molecule has 0 spiro atoms. The minimum Gasteiger partial charge on any atom is -0.542 e. The first-order valence-corrected chi connectivity index (χ1v) is 16.1. The summed E-state index contributed by atoms with van der Waals surface area (Å²) in [6.07, 6.45) is -5.19. The van der Waals surface area contributed by atoms with Crippen LogP contribution in [0, 0.1) is 5.82 Å². The minimum atomic E-state index is -5.19. The van der Waals surface area contributed by atoms with Crippen molar-refractivity contribution < 1.29 is 36.7 Å². The molecule has 8 nitrogen and oxygen atoms in total. The molecule has 2 N–H and O–H groups in total. The number of halogens is 4. The van der Waals surface area contributed by atoms with Crippen LogP contribution in [0.2, 0.25) is 0 Å². The Hall–Kier alpha value is -3.84. The molecular weight excluding hydrogens is 626 g/mol. The van der Waals surface area contributed by atoms with Gasteiger partial charge >= 0.3 is 6.18 Å². The van der Waals surface area contributed by atoms with Crippen molar-refractivity contribution in [3.63, 3.8) is 0 Å². The Bertz CT molecular complexity index is 1560. The van der Waals surface area contributed by atoms with Crippen molar-refractivity contribution in [1.29, 1.82) is 0 Å². The molecule has 2 atom stereocenters. The summed E-state index contributed by atoms with van der Waals surface area (Å²) < 4.78 is 47.5. The Balaban J connectivity index is 0.000000671. The number of quaternary nitrogens is 1. The number of carboxylic acid groups (broad SMARTS) is 1. The molecule has 2 fully saturated rings. The van der Waals surface area contributed by atoms with Crippen LogP contribution in [0.15, 0.2) is 66.7 Å². The molecule has 2 saturated heterocycles. The van der Waals surface area contributed by atoms with Crippen molar-refractivity contribution in [1.82, 2.24) is 20.4 Å². The van der Waals surface area contributed by atoms with Gasteiger partial charge in [0.25, 0.3) is 5.91 Å². The third-order valence-corrected chi connectivity index (χ3v) is 9.12. The highest BCUT2D eigenvalue weighted by Crippen LogP contribution is 2.26. The van der Waals surface area contributed by atoms with E-state index in [-0.39, 0.29) is 11.7 Å². The van der Waals surface area contributed by atoms with Crippen LogP contribution < -0.4 is 15.7 Å². The van der Waals surface area contributed by atoms with Gasteiger partial charge in [-0.15, -0.1) is 0 Å². The predicted octanol–water partition coefficient (Wildman–Crippen LogP) is 3.80. The lowest BCUT2D eigenvalue weighted by atomic mass is 10.00. The number of likely N-dealkylation sites (N-methyl/N-ethyl adjacent to an activating group) is 1. The van der Waals surface area contributed by atoms with Gasteiger partial charge in [-0.2, -0.15) is 13.2 Å². The molecule has 3 aromatic rings. The summed E-state index contributed by atoms with van der Waals surface area (Å²) in [6, 6.07) is 22.2. The molecule has 1 unspecified atom stereocenters. The number of carbonyl (C=O) groups is 2. The van der Waals surface area contributed by atoms with E-state index in [2.05, 4.69) is 66.6 Å². The molecule has 1 amide bonds. The number of carboxylic acids is 1. The predicted molar refractivity (Wildman–Crippen MR) is 175 cm³/mol.